The minimum Gasteiger partial charge on any atom is -0.382 e. The van der Waals surface area contributed by atoms with Gasteiger partial charge in [0.1, 0.15) is 5.60 Å². The zero-order valence-corrected chi connectivity index (χ0v) is 12.4. The average molecular weight is 341 g/mol. The van der Waals surface area contributed by atoms with Crippen molar-refractivity contribution < 1.29 is 13.9 Å². The first-order chi connectivity index (χ1) is 9.41. The molecule has 0 bridgehead atoms. The van der Waals surface area contributed by atoms with Crippen molar-refractivity contribution in [3.05, 3.63) is 71.8 Å². The summed E-state index contributed by atoms with van der Waals surface area (Å²) in [5, 5.41) is 10.5. The molecule has 0 heterocycles. The Labute approximate surface area is 125 Å². The fraction of sp³-hybridized carbons (Fsp3) is 0.250. The van der Waals surface area contributed by atoms with Gasteiger partial charge in [0.15, 0.2) is 0 Å². The van der Waals surface area contributed by atoms with E-state index in [-0.39, 0.29) is 12.8 Å². The van der Waals surface area contributed by atoms with Crippen molar-refractivity contribution in [1.29, 1.82) is 0 Å². The van der Waals surface area contributed by atoms with Crippen molar-refractivity contribution in [2.75, 3.05) is 0 Å². The summed E-state index contributed by atoms with van der Waals surface area (Å²) in [7, 11) is 0. The topological polar surface area (TPSA) is 20.2 Å². The summed E-state index contributed by atoms with van der Waals surface area (Å²) in [5.41, 5.74) is -0.828. The van der Waals surface area contributed by atoms with Gasteiger partial charge in [-0.2, -0.15) is 8.78 Å². The molecule has 0 aliphatic rings. The second-order valence-electron chi connectivity index (χ2n) is 4.85. The maximum Gasteiger partial charge on any atom is 0.330 e. The molecule has 20 heavy (non-hydrogen) atoms. The molecule has 1 N–H and O–H groups in total. The van der Waals surface area contributed by atoms with Gasteiger partial charge >= 0.3 is 4.83 Å². The lowest BCUT2D eigenvalue weighted by molar-refractivity contribution is -0.114. The van der Waals surface area contributed by atoms with E-state index in [1.807, 2.05) is 12.1 Å². The van der Waals surface area contributed by atoms with Crippen LogP contribution in [0.3, 0.4) is 0 Å². The molecule has 2 aromatic rings. The molecule has 1 nitrogen and oxygen atoms in total. The van der Waals surface area contributed by atoms with Crippen molar-refractivity contribution in [2.24, 2.45) is 0 Å². The number of hydrogen-bond acceptors (Lipinski definition) is 1. The Kier molecular flexibility index (Phi) is 4.55. The van der Waals surface area contributed by atoms with Crippen LogP contribution in [0.25, 0.3) is 0 Å². The molecule has 106 valence electrons. The molecule has 0 aromatic heterocycles. The van der Waals surface area contributed by atoms with Crippen LogP contribution in [0.15, 0.2) is 60.7 Å². The molecule has 0 spiro atoms. The first-order valence-corrected chi connectivity index (χ1v) is 7.07. The summed E-state index contributed by atoms with van der Waals surface area (Å²) in [6, 6.07) is 17.6. The van der Waals surface area contributed by atoms with E-state index >= 15 is 0 Å². The molecule has 0 fully saturated rings. The van der Waals surface area contributed by atoms with Crippen LogP contribution in [0.4, 0.5) is 8.78 Å². The van der Waals surface area contributed by atoms with Crippen LogP contribution in [-0.4, -0.2) is 15.5 Å². The quantitative estimate of drug-likeness (QED) is 0.809. The highest BCUT2D eigenvalue weighted by atomic mass is 79.9. The molecule has 0 radical (unpaired) electrons. The van der Waals surface area contributed by atoms with Crippen LogP contribution in [0.1, 0.15) is 11.1 Å². The van der Waals surface area contributed by atoms with Crippen LogP contribution in [0, 0.1) is 0 Å². The zero-order valence-electron chi connectivity index (χ0n) is 10.8. The van der Waals surface area contributed by atoms with Gasteiger partial charge in [0.05, 0.1) is 0 Å². The molecular weight excluding hydrogens is 326 g/mol. The lowest BCUT2D eigenvalue weighted by Crippen LogP contribution is -2.48. The van der Waals surface area contributed by atoms with Gasteiger partial charge in [-0.05, 0) is 27.1 Å². The molecule has 4 heteroatoms. The SMILES string of the molecule is OC(Cc1ccccc1)(Cc1ccccc1)C(F)(F)Br. The molecule has 0 aliphatic carbocycles. The number of benzene rings is 2. The van der Waals surface area contributed by atoms with Crippen molar-refractivity contribution in [2.45, 2.75) is 23.3 Å². The Morgan fingerprint density at radius 2 is 1.15 bits per heavy atom. The summed E-state index contributed by atoms with van der Waals surface area (Å²) in [6.45, 7) is 0. The van der Waals surface area contributed by atoms with Gasteiger partial charge in [-0.15, -0.1) is 0 Å². The van der Waals surface area contributed by atoms with Crippen LogP contribution >= 0.6 is 15.9 Å². The first-order valence-electron chi connectivity index (χ1n) is 6.28. The normalized spacial score (nSPS) is 12.4. The lowest BCUT2D eigenvalue weighted by Gasteiger charge is -2.32. The van der Waals surface area contributed by atoms with E-state index in [0.717, 1.165) is 0 Å². The Morgan fingerprint density at radius 3 is 1.45 bits per heavy atom. The van der Waals surface area contributed by atoms with Gasteiger partial charge in [-0.1, -0.05) is 60.7 Å². The van der Waals surface area contributed by atoms with Crippen LogP contribution in [0.2, 0.25) is 0 Å². The predicted molar refractivity (Wildman–Crippen MR) is 79.1 cm³/mol. The van der Waals surface area contributed by atoms with Gasteiger partial charge in [0.25, 0.3) is 0 Å². The number of rotatable bonds is 5. The molecule has 0 saturated carbocycles. The summed E-state index contributed by atoms with van der Waals surface area (Å²) in [5.74, 6) is 0. The third kappa shape index (κ3) is 3.64. The van der Waals surface area contributed by atoms with Crippen molar-refractivity contribution in [1.82, 2.24) is 0 Å². The van der Waals surface area contributed by atoms with Crippen molar-refractivity contribution >= 4 is 15.9 Å². The van der Waals surface area contributed by atoms with E-state index in [1.54, 1.807) is 48.5 Å². The minimum atomic E-state index is -3.37. The van der Waals surface area contributed by atoms with Gasteiger partial charge in [-0.3, -0.25) is 0 Å². The van der Waals surface area contributed by atoms with Crippen LogP contribution in [0.5, 0.6) is 0 Å². The molecule has 0 amide bonds. The first kappa shape index (κ1) is 15.1. The zero-order chi connectivity index (χ0) is 14.6. The summed E-state index contributed by atoms with van der Waals surface area (Å²) < 4.78 is 27.6. The third-order valence-electron chi connectivity index (χ3n) is 3.21. The van der Waals surface area contributed by atoms with Gasteiger partial charge < -0.3 is 5.11 Å². The van der Waals surface area contributed by atoms with Gasteiger partial charge in [-0.25, -0.2) is 0 Å². The highest BCUT2D eigenvalue weighted by Crippen LogP contribution is 2.39. The second-order valence-corrected chi connectivity index (χ2v) is 5.85. The molecule has 0 saturated heterocycles. The standard InChI is InChI=1S/C16H15BrF2O/c17-16(18,19)15(20,11-13-7-3-1-4-8-13)12-14-9-5-2-6-10-14/h1-10,20H,11-12H2. The average Bonchev–Trinajstić information content (AvgIpc) is 2.39. The maximum absolute atomic E-state index is 13.8. The smallest absolute Gasteiger partial charge is 0.330 e. The molecule has 2 aromatic carbocycles. The summed E-state index contributed by atoms with van der Waals surface area (Å²) >= 11 is 2.33. The fourth-order valence-electron chi connectivity index (χ4n) is 2.13. The highest BCUT2D eigenvalue weighted by molar-refractivity contribution is 9.10. The van der Waals surface area contributed by atoms with E-state index < -0.39 is 10.4 Å². The Morgan fingerprint density at radius 1 is 0.800 bits per heavy atom. The summed E-state index contributed by atoms with van der Waals surface area (Å²) in [6.07, 6.45) is -0.248. The number of aliphatic hydroxyl groups is 1. The number of hydrogen-bond donors (Lipinski definition) is 1. The predicted octanol–water partition coefficient (Wildman–Crippen LogP) is 4.19. The Balaban J connectivity index is 2.27. The Hall–Kier alpha value is -1.26. The molecule has 0 atom stereocenters. The van der Waals surface area contributed by atoms with Crippen LogP contribution in [-0.2, 0) is 12.8 Å². The van der Waals surface area contributed by atoms with E-state index in [9.17, 15) is 13.9 Å². The van der Waals surface area contributed by atoms with Crippen molar-refractivity contribution in [3.63, 3.8) is 0 Å². The van der Waals surface area contributed by atoms with Gasteiger partial charge in [0, 0.05) is 12.8 Å². The van der Waals surface area contributed by atoms with E-state index in [2.05, 4.69) is 15.9 Å². The minimum absolute atomic E-state index is 0.124. The molecule has 0 aliphatic heterocycles. The monoisotopic (exact) mass is 340 g/mol. The number of halogens is 3. The molecule has 0 unspecified atom stereocenters. The van der Waals surface area contributed by atoms with Crippen molar-refractivity contribution in [3.8, 4) is 0 Å². The summed E-state index contributed by atoms with van der Waals surface area (Å²) in [4.78, 5) is -3.37. The Bertz CT molecular complexity index is 496. The highest BCUT2D eigenvalue weighted by Gasteiger charge is 2.50. The van der Waals surface area contributed by atoms with Crippen LogP contribution < -0.4 is 0 Å². The maximum atomic E-state index is 13.8. The largest absolute Gasteiger partial charge is 0.382 e. The molecular formula is C16H15BrF2O. The number of alkyl halides is 3. The van der Waals surface area contributed by atoms with E-state index in [0.29, 0.717) is 11.1 Å². The van der Waals surface area contributed by atoms with Gasteiger partial charge in [0.2, 0.25) is 0 Å². The third-order valence-corrected chi connectivity index (χ3v) is 3.94. The second kappa shape index (κ2) is 6.02. The van der Waals surface area contributed by atoms with E-state index in [4.69, 9.17) is 0 Å². The lowest BCUT2D eigenvalue weighted by atomic mass is 9.88. The molecule has 2 rings (SSSR count). The fourth-order valence-corrected chi connectivity index (χ4v) is 2.41. The van der Waals surface area contributed by atoms with E-state index in [1.165, 1.54) is 0 Å².